The molecule has 0 saturated carbocycles. The predicted octanol–water partition coefficient (Wildman–Crippen LogP) is 3.26. The number of amides is 1. The molecule has 0 spiro atoms. The molecule has 2 aromatic carbocycles. The zero-order chi connectivity index (χ0) is 18.7. The van der Waals surface area contributed by atoms with Gasteiger partial charge in [-0.2, -0.15) is 0 Å². The van der Waals surface area contributed by atoms with Crippen LogP contribution in [0, 0.1) is 6.92 Å². The van der Waals surface area contributed by atoms with Crippen LogP contribution >= 0.6 is 0 Å². The fourth-order valence-electron chi connectivity index (χ4n) is 3.32. The van der Waals surface area contributed by atoms with Crippen LogP contribution in [0.4, 0.5) is 11.4 Å². The number of anilines is 2. The fourth-order valence-corrected chi connectivity index (χ4v) is 5.05. The van der Waals surface area contributed by atoms with E-state index >= 15 is 0 Å². The second-order valence-electron chi connectivity index (χ2n) is 6.71. The minimum atomic E-state index is -2.92. The van der Waals surface area contributed by atoms with Crippen molar-refractivity contribution in [3.63, 3.8) is 0 Å². The molecule has 1 N–H and O–H groups in total. The first-order valence-corrected chi connectivity index (χ1v) is 10.7. The van der Waals surface area contributed by atoms with E-state index in [0.717, 1.165) is 23.5 Å². The molecular formula is C20H24N2O3S. The Kier molecular flexibility index (Phi) is 5.32. The van der Waals surface area contributed by atoms with Crippen molar-refractivity contribution in [2.45, 2.75) is 26.3 Å². The second-order valence-corrected chi connectivity index (χ2v) is 8.94. The molecule has 2 aromatic rings. The lowest BCUT2D eigenvalue weighted by Gasteiger charge is -2.29. The quantitative estimate of drug-likeness (QED) is 0.875. The molecule has 138 valence electrons. The SMILES string of the molecule is CCN(c1ccc(NC(=O)c2ccc(C)cc2)cc1)C1CCS(=O)(=O)C1. The number of hydrogen-bond donors (Lipinski definition) is 1. The van der Waals surface area contributed by atoms with Gasteiger partial charge in [0.1, 0.15) is 0 Å². The maximum absolute atomic E-state index is 12.3. The smallest absolute Gasteiger partial charge is 0.255 e. The number of hydrogen-bond acceptors (Lipinski definition) is 4. The van der Waals surface area contributed by atoms with E-state index in [4.69, 9.17) is 0 Å². The monoisotopic (exact) mass is 372 g/mol. The zero-order valence-corrected chi connectivity index (χ0v) is 15.9. The van der Waals surface area contributed by atoms with Crippen LogP contribution in [0.2, 0.25) is 0 Å². The number of carbonyl (C=O) groups excluding carboxylic acids is 1. The number of aryl methyl sites for hydroxylation is 1. The fraction of sp³-hybridized carbons (Fsp3) is 0.350. The Morgan fingerprint density at radius 2 is 1.77 bits per heavy atom. The van der Waals surface area contributed by atoms with E-state index in [1.54, 1.807) is 12.1 Å². The number of nitrogens with one attached hydrogen (secondary N) is 1. The summed E-state index contributed by atoms with van der Waals surface area (Å²) >= 11 is 0. The summed E-state index contributed by atoms with van der Waals surface area (Å²) in [7, 11) is -2.92. The van der Waals surface area contributed by atoms with Gasteiger partial charge < -0.3 is 10.2 Å². The molecule has 0 aliphatic carbocycles. The summed E-state index contributed by atoms with van der Waals surface area (Å²) in [5.74, 6) is 0.331. The Balaban J connectivity index is 1.69. The van der Waals surface area contributed by atoms with Crippen LogP contribution in [0.3, 0.4) is 0 Å². The number of nitrogens with zero attached hydrogens (tertiary/aromatic N) is 1. The molecule has 26 heavy (non-hydrogen) atoms. The van der Waals surface area contributed by atoms with Gasteiger partial charge in [0.05, 0.1) is 11.5 Å². The molecule has 0 bridgehead atoms. The largest absolute Gasteiger partial charge is 0.368 e. The average Bonchev–Trinajstić information content (AvgIpc) is 2.97. The lowest BCUT2D eigenvalue weighted by molar-refractivity contribution is 0.102. The van der Waals surface area contributed by atoms with Gasteiger partial charge >= 0.3 is 0 Å². The molecule has 1 unspecified atom stereocenters. The predicted molar refractivity (Wildman–Crippen MR) is 106 cm³/mol. The summed E-state index contributed by atoms with van der Waals surface area (Å²) in [6.07, 6.45) is 0.669. The van der Waals surface area contributed by atoms with Gasteiger partial charge in [-0.3, -0.25) is 4.79 Å². The molecule has 1 fully saturated rings. The van der Waals surface area contributed by atoms with Crippen molar-refractivity contribution in [1.82, 2.24) is 0 Å². The minimum absolute atomic E-state index is 0.0259. The van der Waals surface area contributed by atoms with E-state index < -0.39 is 9.84 Å². The number of benzene rings is 2. The number of rotatable bonds is 5. The van der Waals surface area contributed by atoms with Crippen LogP contribution in [0.15, 0.2) is 48.5 Å². The number of carbonyl (C=O) groups is 1. The molecule has 1 amide bonds. The Labute approximate surface area is 154 Å². The van der Waals surface area contributed by atoms with E-state index in [1.165, 1.54) is 0 Å². The topological polar surface area (TPSA) is 66.5 Å². The standard InChI is InChI=1S/C20H24N2O3S/c1-3-22(19-12-13-26(24,25)14-19)18-10-8-17(9-11-18)21-20(23)16-6-4-15(2)5-7-16/h4-11,19H,3,12-14H2,1-2H3,(H,21,23). The molecule has 1 atom stereocenters. The van der Waals surface area contributed by atoms with Gasteiger partial charge in [0.15, 0.2) is 9.84 Å². The summed E-state index contributed by atoms with van der Waals surface area (Å²) in [4.78, 5) is 14.4. The van der Waals surface area contributed by atoms with Gasteiger partial charge in [-0.15, -0.1) is 0 Å². The summed E-state index contributed by atoms with van der Waals surface area (Å²) in [5, 5.41) is 2.89. The molecule has 1 aliphatic rings. The van der Waals surface area contributed by atoms with Gasteiger partial charge in [-0.1, -0.05) is 17.7 Å². The van der Waals surface area contributed by atoms with Crippen molar-refractivity contribution < 1.29 is 13.2 Å². The summed E-state index contributed by atoms with van der Waals surface area (Å²) in [6, 6.07) is 15.0. The van der Waals surface area contributed by atoms with Crippen LogP contribution in [-0.4, -0.2) is 38.4 Å². The van der Waals surface area contributed by atoms with Crippen LogP contribution in [0.5, 0.6) is 0 Å². The van der Waals surface area contributed by atoms with Crippen molar-refractivity contribution in [3.8, 4) is 0 Å². The summed E-state index contributed by atoms with van der Waals surface area (Å²) < 4.78 is 23.5. The third-order valence-electron chi connectivity index (χ3n) is 4.76. The van der Waals surface area contributed by atoms with Crippen LogP contribution in [-0.2, 0) is 9.84 Å². The summed E-state index contributed by atoms with van der Waals surface area (Å²) in [6.45, 7) is 4.75. The van der Waals surface area contributed by atoms with Crippen molar-refractivity contribution in [3.05, 3.63) is 59.7 Å². The average molecular weight is 372 g/mol. The normalized spacial score (nSPS) is 18.5. The highest BCUT2D eigenvalue weighted by Crippen LogP contribution is 2.25. The highest BCUT2D eigenvalue weighted by atomic mass is 32.2. The van der Waals surface area contributed by atoms with E-state index in [1.807, 2.05) is 50.2 Å². The third kappa shape index (κ3) is 4.25. The molecule has 1 saturated heterocycles. The summed E-state index contributed by atoms with van der Waals surface area (Å²) in [5.41, 5.74) is 3.42. The maximum atomic E-state index is 12.3. The van der Waals surface area contributed by atoms with Crippen LogP contribution < -0.4 is 10.2 Å². The third-order valence-corrected chi connectivity index (χ3v) is 6.51. The van der Waals surface area contributed by atoms with Crippen LogP contribution in [0.1, 0.15) is 29.3 Å². The number of sulfone groups is 1. The van der Waals surface area contributed by atoms with Gasteiger partial charge in [0.25, 0.3) is 5.91 Å². The van der Waals surface area contributed by atoms with Crippen molar-refractivity contribution in [2.24, 2.45) is 0 Å². The lowest BCUT2D eigenvalue weighted by atomic mass is 10.1. The molecule has 1 aliphatic heterocycles. The van der Waals surface area contributed by atoms with Crippen molar-refractivity contribution >= 4 is 27.1 Å². The highest BCUT2D eigenvalue weighted by molar-refractivity contribution is 7.91. The highest BCUT2D eigenvalue weighted by Gasteiger charge is 2.31. The van der Waals surface area contributed by atoms with E-state index in [-0.39, 0.29) is 23.5 Å². The van der Waals surface area contributed by atoms with Crippen molar-refractivity contribution in [1.29, 1.82) is 0 Å². The first-order chi connectivity index (χ1) is 12.4. The van der Waals surface area contributed by atoms with E-state index in [9.17, 15) is 13.2 Å². The maximum Gasteiger partial charge on any atom is 0.255 e. The molecule has 1 heterocycles. The molecule has 0 aromatic heterocycles. The van der Waals surface area contributed by atoms with E-state index in [2.05, 4.69) is 10.2 Å². The van der Waals surface area contributed by atoms with Crippen molar-refractivity contribution in [2.75, 3.05) is 28.3 Å². The van der Waals surface area contributed by atoms with E-state index in [0.29, 0.717) is 12.0 Å². The van der Waals surface area contributed by atoms with Gasteiger partial charge in [0, 0.05) is 29.5 Å². The Morgan fingerprint density at radius 3 is 2.31 bits per heavy atom. The first-order valence-electron chi connectivity index (χ1n) is 8.83. The lowest BCUT2D eigenvalue weighted by Crippen LogP contribution is -2.36. The molecule has 0 radical (unpaired) electrons. The molecular weight excluding hydrogens is 348 g/mol. The van der Waals surface area contributed by atoms with Gasteiger partial charge in [0.2, 0.25) is 0 Å². The Hall–Kier alpha value is -2.34. The minimum Gasteiger partial charge on any atom is -0.368 e. The molecule has 5 nitrogen and oxygen atoms in total. The second kappa shape index (κ2) is 7.50. The van der Waals surface area contributed by atoms with Gasteiger partial charge in [-0.05, 0) is 56.7 Å². The molecule has 6 heteroatoms. The zero-order valence-electron chi connectivity index (χ0n) is 15.1. The van der Waals surface area contributed by atoms with Gasteiger partial charge in [-0.25, -0.2) is 8.42 Å². The Morgan fingerprint density at radius 1 is 1.12 bits per heavy atom. The first kappa shape index (κ1) is 18.5. The molecule has 3 rings (SSSR count). The Bertz CT molecular complexity index is 874. The van der Waals surface area contributed by atoms with Crippen LogP contribution in [0.25, 0.3) is 0 Å².